The van der Waals surface area contributed by atoms with Gasteiger partial charge in [0.2, 0.25) is 5.91 Å². The molecule has 1 aromatic rings. The number of ether oxygens (including phenoxy) is 1. The molecule has 0 saturated heterocycles. The van der Waals surface area contributed by atoms with E-state index in [1.54, 1.807) is 24.3 Å². The first-order chi connectivity index (χ1) is 12.9. The van der Waals surface area contributed by atoms with E-state index in [0.29, 0.717) is 5.56 Å². The molecule has 0 radical (unpaired) electrons. The Morgan fingerprint density at radius 3 is 2.11 bits per heavy atom. The maximum atomic E-state index is 12.5. The van der Waals surface area contributed by atoms with Crippen molar-refractivity contribution in [2.24, 2.45) is 17.8 Å². The van der Waals surface area contributed by atoms with Crippen LogP contribution in [0.25, 0.3) is 0 Å². The monoisotopic (exact) mass is 370 g/mol. The van der Waals surface area contributed by atoms with Gasteiger partial charge in [0.25, 0.3) is 5.91 Å². The molecule has 0 unspecified atom stereocenters. The highest BCUT2D eigenvalue weighted by molar-refractivity contribution is 5.96. The van der Waals surface area contributed by atoms with Crippen molar-refractivity contribution < 1.29 is 14.3 Å². The summed E-state index contributed by atoms with van der Waals surface area (Å²) in [5, 5.41) is 6.04. The molecule has 1 aromatic carbocycles. The number of nitrogens with one attached hydrogen (secondary N) is 2. The second-order valence-electron chi connectivity index (χ2n) is 9.12. The van der Waals surface area contributed by atoms with Gasteiger partial charge in [-0.2, -0.15) is 0 Å². The van der Waals surface area contributed by atoms with Crippen molar-refractivity contribution in [1.82, 2.24) is 10.6 Å². The maximum absolute atomic E-state index is 12.5. The highest BCUT2D eigenvalue weighted by atomic mass is 16.5. The largest absolute Gasteiger partial charge is 0.491 e. The van der Waals surface area contributed by atoms with E-state index in [1.165, 1.54) is 19.3 Å². The van der Waals surface area contributed by atoms with Crippen LogP contribution in [0.3, 0.4) is 0 Å². The van der Waals surface area contributed by atoms with Gasteiger partial charge in [-0.1, -0.05) is 0 Å². The molecule has 4 fully saturated rings. The van der Waals surface area contributed by atoms with Gasteiger partial charge in [0.1, 0.15) is 5.75 Å². The molecule has 5 nitrogen and oxygen atoms in total. The molecule has 4 saturated carbocycles. The molecular weight excluding hydrogens is 340 g/mol. The Hall–Kier alpha value is -2.04. The van der Waals surface area contributed by atoms with Crippen LogP contribution in [0.15, 0.2) is 24.3 Å². The number of hydrogen-bond acceptors (Lipinski definition) is 3. The highest BCUT2D eigenvalue weighted by Crippen LogP contribution is 2.55. The lowest BCUT2D eigenvalue weighted by molar-refractivity contribution is -0.125. The van der Waals surface area contributed by atoms with E-state index >= 15 is 0 Å². The summed E-state index contributed by atoms with van der Waals surface area (Å²) in [5.74, 6) is 2.81. The van der Waals surface area contributed by atoms with E-state index in [0.717, 1.165) is 42.8 Å². The molecule has 2 amide bonds. The fourth-order valence-electron chi connectivity index (χ4n) is 5.82. The van der Waals surface area contributed by atoms with Gasteiger partial charge in [-0.3, -0.25) is 9.59 Å². The van der Waals surface area contributed by atoms with Crippen LogP contribution in [-0.2, 0) is 4.79 Å². The van der Waals surface area contributed by atoms with Crippen molar-refractivity contribution in [3.05, 3.63) is 29.8 Å². The minimum atomic E-state index is -0.230. The second-order valence-corrected chi connectivity index (χ2v) is 9.12. The van der Waals surface area contributed by atoms with E-state index in [1.807, 2.05) is 13.8 Å². The molecule has 0 spiro atoms. The Kier molecular flexibility index (Phi) is 4.87. The summed E-state index contributed by atoms with van der Waals surface area (Å²) >= 11 is 0. The molecule has 146 valence electrons. The first kappa shape index (κ1) is 18.3. The lowest BCUT2D eigenvalue weighted by atomic mass is 9.53. The third-order valence-electron chi connectivity index (χ3n) is 6.34. The van der Waals surface area contributed by atoms with Gasteiger partial charge < -0.3 is 15.4 Å². The Morgan fingerprint density at radius 2 is 1.59 bits per heavy atom. The smallest absolute Gasteiger partial charge is 0.251 e. The van der Waals surface area contributed by atoms with Crippen LogP contribution in [0.2, 0.25) is 0 Å². The van der Waals surface area contributed by atoms with Crippen molar-refractivity contribution in [2.45, 2.75) is 64.0 Å². The zero-order chi connectivity index (χ0) is 19.0. The fraction of sp³-hybridized carbons (Fsp3) is 0.636. The summed E-state index contributed by atoms with van der Waals surface area (Å²) in [5.41, 5.74) is 0.528. The molecule has 5 rings (SSSR count). The summed E-state index contributed by atoms with van der Waals surface area (Å²) in [6.07, 6.45) is 7.51. The molecule has 0 aromatic heterocycles. The van der Waals surface area contributed by atoms with Gasteiger partial charge in [-0.25, -0.2) is 0 Å². The molecule has 27 heavy (non-hydrogen) atoms. The lowest BCUT2D eigenvalue weighted by Crippen LogP contribution is -2.61. The predicted molar refractivity (Wildman–Crippen MR) is 104 cm³/mol. The van der Waals surface area contributed by atoms with Gasteiger partial charge in [0, 0.05) is 11.1 Å². The van der Waals surface area contributed by atoms with Crippen molar-refractivity contribution >= 4 is 11.8 Å². The summed E-state index contributed by atoms with van der Waals surface area (Å²) < 4.78 is 5.59. The highest BCUT2D eigenvalue weighted by Gasteiger charge is 2.51. The quantitative estimate of drug-likeness (QED) is 0.807. The third kappa shape index (κ3) is 4.12. The van der Waals surface area contributed by atoms with E-state index in [9.17, 15) is 9.59 Å². The third-order valence-corrected chi connectivity index (χ3v) is 6.34. The Bertz CT molecular complexity index is 675. The zero-order valence-corrected chi connectivity index (χ0v) is 16.3. The zero-order valence-electron chi connectivity index (χ0n) is 16.3. The Balaban J connectivity index is 1.28. The van der Waals surface area contributed by atoms with Crippen molar-refractivity contribution in [1.29, 1.82) is 0 Å². The molecule has 0 atom stereocenters. The van der Waals surface area contributed by atoms with Crippen LogP contribution in [-0.4, -0.2) is 30.0 Å². The molecule has 4 bridgehead atoms. The standard InChI is InChI=1S/C22H30N2O3/c1-14(2)27-19-5-3-18(4-6-19)21(26)23-13-20(25)24-22-10-15-7-16(11-22)9-17(8-15)12-22/h3-6,14-17H,7-13H2,1-2H3,(H,23,26)(H,24,25). The average molecular weight is 370 g/mol. The second kappa shape index (κ2) is 7.17. The Labute approximate surface area is 161 Å². The van der Waals surface area contributed by atoms with Crippen LogP contribution < -0.4 is 15.4 Å². The van der Waals surface area contributed by atoms with Crippen molar-refractivity contribution in [3.63, 3.8) is 0 Å². The molecule has 4 aliphatic carbocycles. The normalized spacial score (nSPS) is 31.0. The lowest BCUT2D eigenvalue weighted by Gasteiger charge is -2.56. The average Bonchev–Trinajstić information content (AvgIpc) is 2.58. The van der Waals surface area contributed by atoms with Gasteiger partial charge in [0.15, 0.2) is 0 Å². The maximum Gasteiger partial charge on any atom is 0.251 e. The van der Waals surface area contributed by atoms with Gasteiger partial charge in [0.05, 0.1) is 12.6 Å². The van der Waals surface area contributed by atoms with Crippen LogP contribution in [0.5, 0.6) is 5.75 Å². The van der Waals surface area contributed by atoms with E-state index in [2.05, 4.69) is 10.6 Å². The summed E-state index contributed by atoms with van der Waals surface area (Å²) in [6.45, 7) is 3.96. The number of amides is 2. The SMILES string of the molecule is CC(C)Oc1ccc(C(=O)NCC(=O)NC23CC4CC(CC(C4)C2)C3)cc1. The molecule has 0 aliphatic heterocycles. The minimum absolute atomic E-state index is 0.00755. The summed E-state index contributed by atoms with van der Waals surface area (Å²) in [6, 6.07) is 7.02. The van der Waals surface area contributed by atoms with E-state index in [4.69, 9.17) is 4.74 Å². The van der Waals surface area contributed by atoms with Crippen LogP contribution in [0.4, 0.5) is 0 Å². The molecular formula is C22H30N2O3. The molecule has 5 heteroatoms. The first-order valence-electron chi connectivity index (χ1n) is 10.3. The van der Waals surface area contributed by atoms with E-state index < -0.39 is 0 Å². The number of benzene rings is 1. The minimum Gasteiger partial charge on any atom is -0.491 e. The van der Waals surface area contributed by atoms with Crippen LogP contribution in [0.1, 0.15) is 62.7 Å². The number of hydrogen-bond donors (Lipinski definition) is 2. The molecule has 2 N–H and O–H groups in total. The van der Waals surface area contributed by atoms with E-state index in [-0.39, 0.29) is 30.0 Å². The fourth-order valence-corrected chi connectivity index (χ4v) is 5.82. The summed E-state index contributed by atoms with van der Waals surface area (Å²) in [7, 11) is 0. The van der Waals surface area contributed by atoms with Crippen LogP contribution in [0, 0.1) is 17.8 Å². The number of rotatable bonds is 6. The van der Waals surface area contributed by atoms with Gasteiger partial charge in [-0.05, 0) is 94.4 Å². The first-order valence-corrected chi connectivity index (χ1v) is 10.3. The predicted octanol–water partition coefficient (Wildman–Crippen LogP) is 3.29. The molecule has 4 aliphatic rings. The number of carbonyl (C=O) groups is 2. The molecule has 0 heterocycles. The van der Waals surface area contributed by atoms with Gasteiger partial charge in [-0.15, -0.1) is 0 Å². The topological polar surface area (TPSA) is 67.4 Å². The number of carbonyl (C=O) groups excluding carboxylic acids is 2. The Morgan fingerprint density at radius 1 is 1.04 bits per heavy atom. The van der Waals surface area contributed by atoms with Gasteiger partial charge >= 0.3 is 0 Å². The van der Waals surface area contributed by atoms with Crippen LogP contribution >= 0.6 is 0 Å². The van der Waals surface area contributed by atoms with Crippen molar-refractivity contribution in [2.75, 3.05) is 6.54 Å². The summed E-state index contributed by atoms with van der Waals surface area (Å²) in [4.78, 5) is 24.8. The van der Waals surface area contributed by atoms with Crippen molar-refractivity contribution in [3.8, 4) is 5.75 Å².